The number of amides is 1. The number of benzene rings is 3. The first-order chi connectivity index (χ1) is 17.4. The molecule has 2 N–H and O–H groups in total. The Balaban J connectivity index is 1.79. The summed E-state index contributed by atoms with van der Waals surface area (Å²) in [6, 6.07) is 19.5. The first-order valence-corrected chi connectivity index (χ1v) is 11.8. The average Bonchev–Trinajstić information content (AvgIpc) is 3.38. The molecule has 1 atom stereocenters. The van der Waals surface area contributed by atoms with Gasteiger partial charge in [0, 0.05) is 33.0 Å². The summed E-state index contributed by atoms with van der Waals surface area (Å²) in [7, 11) is 0. The van der Waals surface area contributed by atoms with E-state index in [-0.39, 0.29) is 5.96 Å². The third-order valence-corrected chi connectivity index (χ3v) is 6.14. The Hall–Kier alpha value is -3.83. The number of hydrogen-bond acceptors (Lipinski definition) is 4. The largest absolute Gasteiger partial charge is 0.369 e. The molecule has 4 aromatic rings. The number of carbonyl (C=O) groups excluding carboxylic acids is 1. The number of nitriles is 1. The molecule has 0 saturated heterocycles. The van der Waals surface area contributed by atoms with Gasteiger partial charge in [-0.15, -0.1) is 0 Å². The summed E-state index contributed by atoms with van der Waals surface area (Å²) in [5, 5.41) is 10.5. The SMILES string of the molecule is N#Cc1ccc(C(=O)N(C(N)=N[C@H](Cn2ccnc2)c2ccc(Cl)cc2Cl)c2ccc(Cl)cc2)cc1. The lowest BCUT2D eigenvalue weighted by Gasteiger charge is -2.24. The van der Waals surface area contributed by atoms with Gasteiger partial charge >= 0.3 is 0 Å². The molecule has 0 spiro atoms. The van der Waals surface area contributed by atoms with Crippen molar-refractivity contribution in [3.63, 3.8) is 0 Å². The Morgan fingerprint density at radius 1 is 1.06 bits per heavy atom. The maximum atomic E-state index is 13.6. The number of halogens is 3. The summed E-state index contributed by atoms with van der Waals surface area (Å²) in [5.74, 6) is -0.477. The quantitative estimate of drug-likeness (QED) is 0.237. The highest BCUT2D eigenvalue weighted by Gasteiger charge is 2.24. The van der Waals surface area contributed by atoms with Crippen molar-refractivity contribution in [1.82, 2.24) is 9.55 Å². The normalized spacial score (nSPS) is 12.1. The number of hydrogen-bond donors (Lipinski definition) is 1. The molecular formula is C26H19Cl3N6O. The summed E-state index contributed by atoms with van der Waals surface area (Å²) in [5.41, 5.74) is 8.42. The van der Waals surface area contributed by atoms with Crippen LogP contribution in [-0.2, 0) is 6.54 Å². The van der Waals surface area contributed by atoms with Crippen LogP contribution in [-0.4, -0.2) is 21.4 Å². The van der Waals surface area contributed by atoms with Crippen LogP contribution in [0, 0.1) is 11.3 Å². The third kappa shape index (κ3) is 5.86. The van der Waals surface area contributed by atoms with Crippen LogP contribution in [0.3, 0.4) is 0 Å². The molecule has 7 nitrogen and oxygen atoms in total. The Kier molecular flexibility index (Phi) is 7.91. The van der Waals surface area contributed by atoms with Crippen LogP contribution < -0.4 is 10.6 Å². The second kappa shape index (κ2) is 11.3. The van der Waals surface area contributed by atoms with Crippen molar-refractivity contribution in [1.29, 1.82) is 5.26 Å². The molecule has 1 aromatic heterocycles. The molecule has 0 aliphatic carbocycles. The van der Waals surface area contributed by atoms with Gasteiger partial charge < -0.3 is 10.3 Å². The minimum atomic E-state index is -0.562. The van der Waals surface area contributed by atoms with E-state index < -0.39 is 11.9 Å². The molecule has 0 aliphatic rings. The van der Waals surface area contributed by atoms with Crippen LogP contribution in [0.1, 0.15) is 27.5 Å². The summed E-state index contributed by atoms with van der Waals surface area (Å²) in [4.78, 5) is 23.7. The van der Waals surface area contributed by atoms with Gasteiger partial charge in [-0.25, -0.2) is 14.9 Å². The van der Waals surface area contributed by atoms with E-state index in [1.807, 2.05) is 10.6 Å². The second-order valence-corrected chi connectivity index (χ2v) is 9.01. The highest BCUT2D eigenvalue weighted by atomic mass is 35.5. The van der Waals surface area contributed by atoms with Crippen LogP contribution >= 0.6 is 34.8 Å². The third-order valence-electron chi connectivity index (χ3n) is 5.33. The number of imidazole rings is 1. The van der Waals surface area contributed by atoms with E-state index in [2.05, 4.69) is 4.98 Å². The summed E-state index contributed by atoms with van der Waals surface area (Å²) in [6.07, 6.45) is 5.10. The topological polar surface area (TPSA) is 100 Å². The van der Waals surface area contributed by atoms with Crippen molar-refractivity contribution in [2.24, 2.45) is 10.7 Å². The number of carbonyl (C=O) groups is 1. The van der Waals surface area contributed by atoms with Gasteiger partial charge in [-0.05, 0) is 66.2 Å². The van der Waals surface area contributed by atoms with E-state index in [0.717, 1.165) is 0 Å². The number of nitrogens with two attached hydrogens (primary N) is 1. The summed E-state index contributed by atoms with van der Waals surface area (Å²) in [6.45, 7) is 0.363. The minimum absolute atomic E-state index is 0.0529. The van der Waals surface area contributed by atoms with Crippen LogP contribution in [0.25, 0.3) is 0 Å². The zero-order valence-electron chi connectivity index (χ0n) is 18.7. The molecule has 10 heteroatoms. The lowest BCUT2D eigenvalue weighted by atomic mass is 10.1. The predicted octanol–water partition coefficient (Wildman–Crippen LogP) is 6.12. The van der Waals surface area contributed by atoms with Gasteiger partial charge in [-0.3, -0.25) is 4.79 Å². The van der Waals surface area contributed by atoms with Crippen molar-refractivity contribution in [3.05, 3.63) is 117 Å². The molecular weight excluding hydrogens is 519 g/mol. The molecule has 36 heavy (non-hydrogen) atoms. The molecule has 1 amide bonds. The summed E-state index contributed by atoms with van der Waals surface area (Å²) < 4.78 is 1.83. The molecule has 180 valence electrons. The van der Waals surface area contributed by atoms with Crippen molar-refractivity contribution in [2.75, 3.05) is 4.90 Å². The van der Waals surface area contributed by atoms with Crippen molar-refractivity contribution < 1.29 is 4.79 Å². The van der Waals surface area contributed by atoms with Gasteiger partial charge in [-0.2, -0.15) is 5.26 Å². The van der Waals surface area contributed by atoms with Crippen molar-refractivity contribution in [2.45, 2.75) is 12.6 Å². The predicted molar refractivity (Wildman–Crippen MR) is 142 cm³/mol. The Morgan fingerprint density at radius 3 is 2.36 bits per heavy atom. The van der Waals surface area contributed by atoms with Gasteiger partial charge in [0.05, 0.1) is 36.2 Å². The molecule has 3 aromatic carbocycles. The second-order valence-electron chi connectivity index (χ2n) is 7.73. The van der Waals surface area contributed by atoms with Crippen LogP contribution in [0.5, 0.6) is 0 Å². The first kappa shape index (κ1) is 25.3. The maximum Gasteiger partial charge on any atom is 0.265 e. The number of rotatable bonds is 6. The average molecular weight is 538 g/mol. The van der Waals surface area contributed by atoms with Gasteiger partial charge in [0.2, 0.25) is 5.96 Å². The minimum Gasteiger partial charge on any atom is -0.369 e. The molecule has 0 unspecified atom stereocenters. The van der Waals surface area contributed by atoms with Gasteiger partial charge in [0.1, 0.15) is 0 Å². The Morgan fingerprint density at radius 2 is 1.75 bits per heavy atom. The lowest BCUT2D eigenvalue weighted by molar-refractivity contribution is 0.100. The van der Waals surface area contributed by atoms with Crippen LogP contribution in [0.2, 0.25) is 15.1 Å². The van der Waals surface area contributed by atoms with E-state index in [0.29, 0.717) is 44.0 Å². The number of anilines is 1. The van der Waals surface area contributed by atoms with E-state index >= 15 is 0 Å². The fourth-order valence-electron chi connectivity index (χ4n) is 3.55. The zero-order chi connectivity index (χ0) is 25.7. The van der Waals surface area contributed by atoms with E-state index in [1.54, 1.807) is 85.5 Å². The Labute approximate surface area is 223 Å². The zero-order valence-corrected chi connectivity index (χ0v) is 21.0. The fourth-order valence-corrected chi connectivity index (χ4v) is 4.21. The summed E-state index contributed by atoms with van der Waals surface area (Å²) >= 11 is 18.7. The standard InChI is InChI=1S/C26H19Cl3N6O/c27-19-5-8-21(9-6-19)35(25(36)18-3-1-17(14-30)2-4-18)26(31)33-24(15-34-12-11-32-16-34)22-10-7-20(28)13-23(22)29/h1-13,16,24H,15H2,(H2,31,33)/t24-/m1/s1. The highest BCUT2D eigenvalue weighted by molar-refractivity contribution is 6.35. The van der Waals surface area contributed by atoms with Gasteiger partial charge in [0.15, 0.2) is 0 Å². The number of aromatic nitrogens is 2. The molecule has 0 fully saturated rings. The number of guanidine groups is 1. The Bertz CT molecular complexity index is 1430. The number of nitrogens with zero attached hydrogens (tertiary/aromatic N) is 5. The van der Waals surface area contributed by atoms with E-state index in [1.165, 1.54) is 4.90 Å². The molecule has 0 aliphatic heterocycles. The van der Waals surface area contributed by atoms with Gasteiger partial charge in [-0.1, -0.05) is 40.9 Å². The van der Waals surface area contributed by atoms with Crippen LogP contribution in [0.4, 0.5) is 5.69 Å². The molecule has 4 rings (SSSR count). The van der Waals surface area contributed by atoms with Crippen molar-refractivity contribution >= 4 is 52.4 Å². The molecule has 0 bridgehead atoms. The molecule has 0 radical (unpaired) electrons. The van der Waals surface area contributed by atoms with Crippen LogP contribution in [0.15, 0.2) is 90.4 Å². The lowest BCUT2D eigenvalue weighted by Crippen LogP contribution is -2.42. The van der Waals surface area contributed by atoms with Crippen molar-refractivity contribution in [3.8, 4) is 6.07 Å². The highest BCUT2D eigenvalue weighted by Crippen LogP contribution is 2.30. The molecule has 1 heterocycles. The number of aliphatic imine (C=N–C) groups is 1. The monoisotopic (exact) mass is 536 g/mol. The van der Waals surface area contributed by atoms with E-state index in [4.69, 9.17) is 50.8 Å². The first-order valence-electron chi connectivity index (χ1n) is 10.7. The van der Waals surface area contributed by atoms with E-state index in [9.17, 15) is 4.79 Å². The molecule has 0 saturated carbocycles. The van der Waals surface area contributed by atoms with Gasteiger partial charge in [0.25, 0.3) is 5.91 Å². The smallest absolute Gasteiger partial charge is 0.265 e. The fraction of sp³-hybridized carbons (Fsp3) is 0.0769. The maximum absolute atomic E-state index is 13.6.